The Bertz CT molecular complexity index is 1300. The van der Waals surface area contributed by atoms with Gasteiger partial charge in [0.05, 0.1) is 12.7 Å². The van der Waals surface area contributed by atoms with Gasteiger partial charge in [-0.15, -0.1) is 11.3 Å². The summed E-state index contributed by atoms with van der Waals surface area (Å²) in [6, 6.07) is 15.0. The maximum atomic E-state index is 12.4. The van der Waals surface area contributed by atoms with Crippen LogP contribution >= 0.6 is 11.3 Å². The number of carbonyl (C=O) groups is 1. The summed E-state index contributed by atoms with van der Waals surface area (Å²) in [5.41, 5.74) is 5.33. The molecule has 0 saturated carbocycles. The number of aromatic nitrogens is 1. The zero-order valence-electron chi connectivity index (χ0n) is 17.3. The second-order valence-corrected chi connectivity index (χ2v) is 8.76. The molecule has 152 valence electrons. The summed E-state index contributed by atoms with van der Waals surface area (Å²) in [6.07, 6.45) is 6.14. The lowest BCUT2D eigenvalue weighted by Crippen LogP contribution is -2.07. The minimum atomic E-state index is -0.275. The number of thiophene rings is 1. The van der Waals surface area contributed by atoms with Crippen molar-refractivity contribution < 1.29 is 9.53 Å². The highest BCUT2D eigenvalue weighted by atomic mass is 32.1. The van der Waals surface area contributed by atoms with Crippen molar-refractivity contribution in [3.8, 4) is 0 Å². The number of para-hydroxylation sites is 1. The Kier molecular flexibility index (Phi) is 4.91. The molecule has 0 N–H and O–H groups in total. The fraction of sp³-hybridized carbons (Fsp3) is 0.280. The van der Waals surface area contributed by atoms with Gasteiger partial charge in [0.15, 0.2) is 0 Å². The van der Waals surface area contributed by atoms with Gasteiger partial charge in [-0.3, -0.25) is 0 Å². The third kappa shape index (κ3) is 3.05. The van der Waals surface area contributed by atoms with E-state index in [4.69, 9.17) is 9.73 Å². The van der Waals surface area contributed by atoms with E-state index in [1.54, 1.807) is 11.3 Å². The molecule has 0 amide bonds. The van der Waals surface area contributed by atoms with Crippen molar-refractivity contribution in [3.63, 3.8) is 0 Å². The van der Waals surface area contributed by atoms with Gasteiger partial charge >= 0.3 is 5.97 Å². The van der Waals surface area contributed by atoms with E-state index in [1.165, 1.54) is 40.2 Å². The first-order valence-corrected chi connectivity index (χ1v) is 11.3. The van der Waals surface area contributed by atoms with Gasteiger partial charge in [-0.2, -0.15) is 0 Å². The molecule has 4 nitrogen and oxygen atoms in total. The van der Waals surface area contributed by atoms with Gasteiger partial charge < -0.3 is 9.30 Å². The zero-order chi connectivity index (χ0) is 20.7. The number of nitrogens with zero attached hydrogens (tertiary/aromatic N) is 2. The molecule has 2 heterocycles. The van der Waals surface area contributed by atoms with Gasteiger partial charge in [0.25, 0.3) is 0 Å². The molecule has 0 radical (unpaired) electrons. The van der Waals surface area contributed by atoms with E-state index in [0.717, 1.165) is 41.9 Å². The van der Waals surface area contributed by atoms with Gasteiger partial charge in [-0.25, -0.2) is 9.79 Å². The lowest BCUT2D eigenvalue weighted by atomic mass is 9.95. The van der Waals surface area contributed by atoms with Gasteiger partial charge in [-0.1, -0.05) is 24.3 Å². The maximum absolute atomic E-state index is 12.4. The predicted octanol–water partition coefficient (Wildman–Crippen LogP) is 6.29. The topological polar surface area (TPSA) is 43.6 Å². The first kappa shape index (κ1) is 19.1. The highest BCUT2D eigenvalue weighted by Gasteiger charge is 2.25. The number of ether oxygens (including phenoxy) is 1. The molecule has 5 heteroatoms. The summed E-state index contributed by atoms with van der Waals surface area (Å²) in [7, 11) is 1.44. The number of methoxy groups -OCH3 is 1. The van der Waals surface area contributed by atoms with Crippen molar-refractivity contribution >= 4 is 50.3 Å². The molecule has 0 bridgehead atoms. The van der Waals surface area contributed by atoms with Crippen LogP contribution in [0.4, 0.5) is 5.00 Å². The third-order valence-electron chi connectivity index (χ3n) is 5.99. The molecule has 30 heavy (non-hydrogen) atoms. The van der Waals surface area contributed by atoms with E-state index in [1.807, 2.05) is 6.21 Å². The van der Waals surface area contributed by atoms with Crippen LogP contribution in [0.5, 0.6) is 0 Å². The second-order valence-electron chi connectivity index (χ2n) is 7.68. The van der Waals surface area contributed by atoms with E-state index in [-0.39, 0.29) is 5.97 Å². The molecule has 1 aliphatic rings. The van der Waals surface area contributed by atoms with Crippen molar-refractivity contribution in [2.45, 2.75) is 39.2 Å². The molecule has 0 fully saturated rings. The minimum Gasteiger partial charge on any atom is -0.465 e. The summed E-state index contributed by atoms with van der Waals surface area (Å²) in [5.74, 6) is -0.275. The van der Waals surface area contributed by atoms with Gasteiger partial charge in [0.2, 0.25) is 0 Å². The Morgan fingerprint density at radius 1 is 1.13 bits per heavy atom. The number of esters is 1. The van der Waals surface area contributed by atoms with E-state index < -0.39 is 0 Å². The lowest BCUT2D eigenvalue weighted by Gasteiger charge is -2.11. The van der Waals surface area contributed by atoms with Crippen molar-refractivity contribution in [1.29, 1.82) is 0 Å². The number of fused-ring (bicyclic) bond motifs is 4. The summed E-state index contributed by atoms with van der Waals surface area (Å²) < 4.78 is 7.41. The largest absolute Gasteiger partial charge is 0.465 e. The Labute approximate surface area is 179 Å². The van der Waals surface area contributed by atoms with Crippen molar-refractivity contribution in [2.24, 2.45) is 4.99 Å². The van der Waals surface area contributed by atoms with Crippen LogP contribution in [0.1, 0.15) is 46.1 Å². The van der Waals surface area contributed by atoms with Crippen molar-refractivity contribution in [3.05, 3.63) is 64.0 Å². The molecule has 2 aromatic heterocycles. The van der Waals surface area contributed by atoms with E-state index in [9.17, 15) is 4.79 Å². The number of aliphatic imine (C=N–C) groups is 1. The molecule has 0 atom stereocenters. The average Bonchev–Trinajstić information content (AvgIpc) is 3.32. The molecule has 2 aromatic carbocycles. The summed E-state index contributed by atoms with van der Waals surface area (Å²) in [6.45, 7) is 3.11. The number of hydrogen-bond donors (Lipinski definition) is 0. The van der Waals surface area contributed by atoms with Crippen LogP contribution in [-0.4, -0.2) is 23.9 Å². The first-order valence-electron chi connectivity index (χ1n) is 10.5. The lowest BCUT2D eigenvalue weighted by molar-refractivity contribution is 0.0601. The summed E-state index contributed by atoms with van der Waals surface area (Å²) >= 11 is 1.64. The summed E-state index contributed by atoms with van der Waals surface area (Å²) in [5, 5.41) is 3.26. The van der Waals surface area contributed by atoms with E-state index >= 15 is 0 Å². The van der Waals surface area contributed by atoms with Gasteiger partial charge in [-0.05, 0) is 61.9 Å². The number of benzene rings is 2. The Morgan fingerprint density at radius 3 is 2.77 bits per heavy atom. The van der Waals surface area contributed by atoms with Gasteiger partial charge in [0.1, 0.15) is 5.00 Å². The molecule has 0 aliphatic heterocycles. The molecule has 5 rings (SSSR count). The van der Waals surface area contributed by atoms with Crippen molar-refractivity contribution in [1.82, 2.24) is 4.57 Å². The van der Waals surface area contributed by atoms with Crippen LogP contribution in [0.3, 0.4) is 0 Å². The van der Waals surface area contributed by atoms with Gasteiger partial charge in [0, 0.05) is 39.4 Å². The quantitative estimate of drug-likeness (QED) is 0.290. The Balaban J connectivity index is 1.59. The Hall–Kier alpha value is -2.92. The minimum absolute atomic E-state index is 0.275. The smallest absolute Gasteiger partial charge is 0.341 e. The van der Waals surface area contributed by atoms with E-state index in [0.29, 0.717) is 5.56 Å². The molecule has 0 spiro atoms. The number of hydrogen-bond acceptors (Lipinski definition) is 4. The number of rotatable bonds is 4. The highest BCUT2D eigenvalue weighted by molar-refractivity contribution is 7.16. The molecule has 0 saturated heterocycles. The third-order valence-corrected chi connectivity index (χ3v) is 7.19. The molecular weight excluding hydrogens is 392 g/mol. The predicted molar refractivity (Wildman–Crippen MR) is 125 cm³/mol. The average molecular weight is 417 g/mol. The zero-order valence-corrected chi connectivity index (χ0v) is 18.1. The first-order chi connectivity index (χ1) is 14.7. The normalized spacial score (nSPS) is 13.9. The second kappa shape index (κ2) is 7.73. The maximum Gasteiger partial charge on any atom is 0.341 e. The summed E-state index contributed by atoms with van der Waals surface area (Å²) in [4.78, 5) is 18.5. The standard InChI is InChI=1S/C25H24N2O2S/c1-3-27-20-10-6-4-8-17(20)19-14-16(12-13-21(19)27)15-26-24-23(25(28)29-2)18-9-5-7-11-22(18)30-24/h4,6,8,10,12-15H,3,5,7,9,11H2,1-2H3. The number of aryl methyl sites for hydroxylation is 2. The number of carbonyl (C=O) groups excluding carboxylic acids is 1. The fourth-order valence-corrected chi connectivity index (χ4v) is 5.80. The van der Waals surface area contributed by atoms with Crippen LogP contribution in [0.15, 0.2) is 47.5 Å². The molecular formula is C25H24N2O2S. The molecule has 0 unspecified atom stereocenters. The van der Waals surface area contributed by atoms with Crippen LogP contribution in [0, 0.1) is 0 Å². The fourth-order valence-electron chi connectivity index (χ4n) is 4.58. The van der Waals surface area contributed by atoms with Crippen LogP contribution in [0.25, 0.3) is 21.8 Å². The van der Waals surface area contributed by atoms with Crippen LogP contribution in [-0.2, 0) is 24.1 Å². The van der Waals surface area contributed by atoms with Crippen LogP contribution in [0.2, 0.25) is 0 Å². The SMILES string of the molecule is CCn1c2ccccc2c2cc(C=Nc3sc4c(c3C(=O)OC)CCCC4)ccc21. The molecule has 4 aromatic rings. The molecule has 1 aliphatic carbocycles. The van der Waals surface area contributed by atoms with Crippen molar-refractivity contribution in [2.75, 3.05) is 7.11 Å². The monoisotopic (exact) mass is 416 g/mol. The van der Waals surface area contributed by atoms with Crippen LogP contribution < -0.4 is 0 Å². The highest BCUT2D eigenvalue weighted by Crippen LogP contribution is 2.40. The Morgan fingerprint density at radius 2 is 1.93 bits per heavy atom. The van der Waals surface area contributed by atoms with E-state index in [2.05, 4.69) is 54.0 Å².